The van der Waals surface area contributed by atoms with Crippen LogP contribution in [0.25, 0.3) is 0 Å². The van der Waals surface area contributed by atoms with Gasteiger partial charge in [-0.05, 0) is 19.3 Å². The van der Waals surface area contributed by atoms with E-state index < -0.39 is 0 Å². The number of hydrogen-bond acceptors (Lipinski definition) is 1. The third-order valence-corrected chi connectivity index (χ3v) is 2.48. The van der Waals surface area contributed by atoms with Gasteiger partial charge in [0.05, 0.1) is 0 Å². The molecule has 0 aliphatic carbocycles. The van der Waals surface area contributed by atoms with E-state index in [4.69, 9.17) is 0 Å². The van der Waals surface area contributed by atoms with E-state index in [-0.39, 0.29) is 5.92 Å². The molecule has 0 saturated carbocycles. The molecule has 0 fully saturated rings. The summed E-state index contributed by atoms with van der Waals surface area (Å²) in [5, 5.41) is 0. The third kappa shape index (κ3) is 8.03. The molecule has 0 spiro atoms. The van der Waals surface area contributed by atoms with E-state index in [2.05, 4.69) is 6.58 Å². The molecular formula is C13H24O. The Morgan fingerprint density at radius 2 is 1.71 bits per heavy atom. The van der Waals surface area contributed by atoms with E-state index in [0.29, 0.717) is 5.78 Å². The van der Waals surface area contributed by atoms with Crippen LogP contribution < -0.4 is 0 Å². The van der Waals surface area contributed by atoms with Crippen molar-refractivity contribution >= 4 is 5.78 Å². The number of allylic oxidation sites excluding steroid dienone is 1. The fourth-order valence-electron chi connectivity index (χ4n) is 1.41. The number of carbonyl (C=O) groups is 1. The molecule has 0 aromatic rings. The van der Waals surface area contributed by atoms with Gasteiger partial charge in [0.1, 0.15) is 5.78 Å². The van der Waals surface area contributed by atoms with Crippen molar-refractivity contribution in [2.45, 2.75) is 58.8 Å². The second-order valence-electron chi connectivity index (χ2n) is 4.22. The third-order valence-electron chi connectivity index (χ3n) is 2.48. The maximum Gasteiger partial charge on any atom is 0.135 e. The molecule has 0 aliphatic heterocycles. The van der Waals surface area contributed by atoms with Crippen molar-refractivity contribution in [3.8, 4) is 0 Å². The first-order valence-corrected chi connectivity index (χ1v) is 5.82. The molecule has 0 aromatic carbocycles. The summed E-state index contributed by atoms with van der Waals surface area (Å²) >= 11 is 0. The molecule has 0 aromatic heterocycles. The van der Waals surface area contributed by atoms with Gasteiger partial charge < -0.3 is 0 Å². The molecule has 82 valence electrons. The Bertz CT molecular complexity index is 159. The molecule has 0 radical (unpaired) electrons. The highest BCUT2D eigenvalue weighted by molar-refractivity contribution is 5.80. The summed E-state index contributed by atoms with van der Waals surface area (Å²) in [5.74, 6) is 0.631. The first-order chi connectivity index (χ1) is 6.68. The van der Waals surface area contributed by atoms with Gasteiger partial charge in [0.2, 0.25) is 0 Å². The van der Waals surface area contributed by atoms with Crippen LogP contribution in [0.5, 0.6) is 0 Å². The van der Waals surface area contributed by atoms with Gasteiger partial charge in [-0.1, -0.05) is 39.2 Å². The quantitative estimate of drug-likeness (QED) is 0.400. The lowest BCUT2D eigenvalue weighted by Crippen LogP contribution is -2.05. The lowest BCUT2D eigenvalue weighted by Gasteiger charge is -2.03. The first kappa shape index (κ1) is 13.4. The highest BCUT2D eigenvalue weighted by Crippen LogP contribution is 2.09. The SMILES string of the molecule is C=CCCCCCCCC(=O)C(C)C. The number of rotatable bonds is 9. The first-order valence-electron chi connectivity index (χ1n) is 5.82. The molecule has 0 rings (SSSR count). The van der Waals surface area contributed by atoms with Gasteiger partial charge in [0, 0.05) is 12.3 Å². The number of Topliss-reactive ketones (excluding diaryl/α,β-unsaturated/α-hetero) is 1. The van der Waals surface area contributed by atoms with Gasteiger partial charge >= 0.3 is 0 Å². The second kappa shape index (κ2) is 8.98. The van der Waals surface area contributed by atoms with Gasteiger partial charge in [-0.3, -0.25) is 4.79 Å². The number of hydrogen-bond donors (Lipinski definition) is 0. The van der Waals surface area contributed by atoms with Crippen LogP contribution in [-0.4, -0.2) is 5.78 Å². The minimum Gasteiger partial charge on any atom is -0.299 e. The standard InChI is InChI=1S/C13H24O/c1-4-5-6-7-8-9-10-11-13(14)12(2)3/h4,12H,1,5-11H2,2-3H3. The fraction of sp³-hybridized carbons (Fsp3) is 0.769. The van der Waals surface area contributed by atoms with Crippen molar-refractivity contribution in [2.75, 3.05) is 0 Å². The van der Waals surface area contributed by atoms with Crippen LogP contribution in [0, 0.1) is 5.92 Å². The van der Waals surface area contributed by atoms with Crippen molar-refractivity contribution in [2.24, 2.45) is 5.92 Å². The van der Waals surface area contributed by atoms with Crippen LogP contribution >= 0.6 is 0 Å². The van der Waals surface area contributed by atoms with Gasteiger partial charge in [0.15, 0.2) is 0 Å². The molecule has 0 amide bonds. The maximum atomic E-state index is 11.3. The Labute approximate surface area is 88.6 Å². The smallest absolute Gasteiger partial charge is 0.135 e. The average molecular weight is 196 g/mol. The minimum atomic E-state index is 0.218. The summed E-state index contributed by atoms with van der Waals surface area (Å²) in [6.07, 6.45) is 9.95. The summed E-state index contributed by atoms with van der Waals surface area (Å²) < 4.78 is 0. The molecule has 14 heavy (non-hydrogen) atoms. The highest BCUT2D eigenvalue weighted by Gasteiger charge is 2.05. The molecule has 0 N–H and O–H groups in total. The summed E-state index contributed by atoms with van der Waals surface area (Å²) in [5.41, 5.74) is 0. The van der Waals surface area contributed by atoms with Crippen molar-refractivity contribution in [1.82, 2.24) is 0 Å². The lowest BCUT2D eigenvalue weighted by molar-refractivity contribution is -0.122. The Morgan fingerprint density at radius 3 is 2.29 bits per heavy atom. The average Bonchev–Trinajstić information content (AvgIpc) is 2.16. The molecule has 1 nitrogen and oxygen atoms in total. The predicted octanol–water partition coefficient (Wildman–Crippen LogP) is 4.13. The molecular weight excluding hydrogens is 172 g/mol. The van der Waals surface area contributed by atoms with Crippen LogP contribution in [0.1, 0.15) is 58.8 Å². The van der Waals surface area contributed by atoms with E-state index in [0.717, 1.165) is 19.3 Å². The Hall–Kier alpha value is -0.590. The van der Waals surface area contributed by atoms with Crippen molar-refractivity contribution in [1.29, 1.82) is 0 Å². The van der Waals surface area contributed by atoms with Crippen LogP contribution in [0.4, 0.5) is 0 Å². The van der Waals surface area contributed by atoms with Crippen molar-refractivity contribution in [3.05, 3.63) is 12.7 Å². The fourth-order valence-corrected chi connectivity index (χ4v) is 1.41. The molecule has 0 saturated heterocycles. The largest absolute Gasteiger partial charge is 0.299 e. The predicted molar refractivity (Wildman–Crippen MR) is 62.4 cm³/mol. The molecule has 0 atom stereocenters. The van der Waals surface area contributed by atoms with Gasteiger partial charge in [-0.2, -0.15) is 0 Å². The Kier molecular flexibility index (Phi) is 8.61. The molecule has 0 aliphatic rings. The Balaban J connectivity index is 3.13. The number of unbranched alkanes of at least 4 members (excludes halogenated alkanes) is 5. The number of ketones is 1. The zero-order valence-electron chi connectivity index (χ0n) is 9.72. The molecule has 1 heteroatoms. The Morgan fingerprint density at radius 1 is 1.14 bits per heavy atom. The molecule has 0 heterocycles. The van der Waals surface area contributed by atoms with Crippen LogP contribution in [0.15, 0.2) is 12.7 Å². The molecule has 0 bridgehead atoms. The summed E-state index contributed by atoms with van der Waals surface area (Å²) in [6, 6.07) is 0. The van der Waals surface area contributed by atoms with E-state index in [1.807, 2.05) is 19.9 Å². The van der Waals surface area contributed by atoms with E-state index in [1.54, 1.807) is 0 Å². The highest BCUT2D eigenvalue weighted by atomic mass is 16.1. The minimum absolute atomic E-state index is 0.218. The summed E-state index contributed by atoms with van der Waals surface area (Å²) in [4.78, 5) is 11.3. The molecule has 0 unspecified atom stereocenters. The summed E-state index contributed by atoms with van der Waals surface area (Å²) in [6.45, 7) is 7.65. The normalized spacial score (nSPS) is 10.5. The van der Waals surface area contributed by atoms with E-state index in [1.165, 1.54) is 25.7 Å². The van der Waals surface area contributed by atoms with E-state index >= 15 is 0 Å². The van der Waals surface area contributed by atoms with Crippen LogP contribution in [0.2, 0.25) is 0 Å². The second-order valence-corrected chi connectivity index (χ2v) is 4.22. The monoisotopic (exact) mass is 196 g/mol. The van der Waals surface area contributed by atoms with E-state index in [9.17, 15) is 4.79 Å². The van der Waals surface area contributed by atoms with Crippen LogP contribution in [0.3, 0.4) is 0 Å². The van der Waals surface area contributed by atoms with Crippen molar-refractivity contribution in [3.63, 3.8) is 0 Å². The van der Waals surface area contributed by atoms with Crippen LogP contribution in [-0.2, 0) is 4.79 Å². The van der Waals surface area contributed by atoms with Gasteiger partial charge in [-0.25, -0.2) is 0 Å². The van der Waals surface area contributed by atoms with Crippen molar-refractivity contribution < 1.29 is 4.79 Å². The maximum absolute atomic E-state index is 11.3. The lowest BCUT2D eigenvalue weighted by atomic mass is 10.0. The zero-order chi connectivity index (χ0) is 10.8. The number of carbonyl (C=O) groups excluding carboxylic acids is 1. The zero-order valence-corrected chi connectivity index (χ0v) is 9.72. The van der Waals surface area contributed by atoms with Gasteiger partial charge in [-0.15, -0.1) is 6.58 Å². The van der Waals surface area contributed by atoms with Gasteiger partial charge in [0.25, 0.3) is 0 Å². The topological polar surface area (TPSA) is 17.1 Å². The summed E-state index contributed by atoms with van der Waals surface area (Å²) in [7, 11) is 0.